The standard InChI is InChI=1S/2C15H17NO.C14H21NO.C13H17NO.C12H17NO.C11H14ClNO.2C11H14FNO.2F2.FH/c1-11(17)15(16-2)10-13-8-5-7-12-6-3-4-9-14(12)13;1-11(17)15(16-2)10-12-7-8-13-5-3-4-6-14(13)9-12;1-10(2)13-7-5-12(6-8-13)9-14(15-4)11(3)16;1-9(15)13(14-2)12-7-10-5-3-4-6-11(10)8-12;1-10(14)12(13-2)9-8-11-6-4-3-5-7-11;1-8(14)11(13-2)7-9-4-3-5-10(12)6-9;1-8(14)11(13-2)7-9-3-5-10(12)6-4-9;1-8(14)11(13-2)7-9-4-3-5-10(12)6-9;2*1-2;/h2*3-9,15-16H,10H2,1-2H3;5-8,10,14-15H,9H2,1-4H3;3-6,12-14H,7-8H2,1-2H3;3-7,12-13H,8-9H2,1-2H3;3*3-6,11,13H,7H2,1-2H3;;;1H/t2*15-;14-;13-;12-;3*11-;;;/m00010000.../s1. The van der Waals surface area contributed by atoms with Gasteiger partial charge in [0.2, 0.25) is 0 Å². The Hall–Kier alpha value is -10.4. The highest BCUT2D eigenvalue weighted by Crippen LogP contribution is 2.29. The van der Waals surface area contributed by atoms with Gasteiger partial charge < -0.3 is 42.5 Å². The van der Waals surface area contributed by atoms with Crippen LogP contribution in [0, 0.1) is 17.6 Å². The predicted molar refractivity (Wildman–Crippen MR) is 502 cm³/mol. The van der Waals surface area contributed by atoms with Crippen LogP contribution in [0.1, 0.15) is 137 Å². The molecule has 16 nitrogen and oxygen atoms in total. The maximum absolute atomic E-state index is 12.8. The van der Waals surface area contributed by atoms with Crippen LogP contribution in [0.5, 0.6) is 0 Å². The molecule has 0 amide bonds. The van der Waals surface area contributed by atoms with Gasteiger partial charge in [-0.25, -0.2) is 8.78 Å². The van der Waals surface area contributed by atoms with Crippen LogP contribution in [-0.2, 0) is 96.1 Å². The second-order valence-corrected chi connectivity index (χ2v) is 31.3. The molecule has 0 unspecified atom stereocenters. The molecule has 10 aromatic carbocycles. The lowest BCUT2D eigenvalue weighted by Crippen LogP contribution is -2.39. The first-order valence-electron chi connectivity index (χ1n) is 41.9. The summed E-state index contributed by atoms with van der Waals surface area (Å²) in [6.07, 6.45) is 7.96. The monoisotopic (exact) mass is 1760 g/mol. The fourth-order valence-corrected chi connectivity index (χ4v) is 14.2. The van der Waals surface area contributed by atoms with E-state index < -0.39 is 0 Å². The van der Waals surface area contributed by atoms with Crippen LogP contribution in [0.15, 0.2) is 237 Å². The van der Waals surface area contributed by atoms with E-state index in [1.54, 1.807) is 87.8 Å². The van der Waals surface area contributed by atoms with Gasteiger partial charge in [-0.3, -0.25) is 43.1 Å². The summed E-state index contributed by atoms with van der Waals surface area (Å²) >= 11 is 5.85. The summed E-state index contributed by atoms with van der Waals surface area (Å²) in [6.45, 7) is 17.2. The first-order valence-corrected chi connectivity index (χ1v) is 42.3. The van der Waals surface area contributed by atoms with Gasteiger partial charge in [0, 0.05) is 23.3 Å². The van der Waals surface area contributed by atoms with E-state index in [-0.39, 0.29) is 111 Å². The lowest BCUT2D eigenvalue weighted by atomic mass is 9.94. The molecular weight excluding hydrogens is 1630 g/mol. The molecule has 0 spiro atoms. The van der Waals surface area contributed by atoms with Crippen molar-refractivity contribution in [2.75, 3.05) is 56.4 Å². The molecular formula is C102H132ClF7N8O8. The third-order valence-corrected chi connectivity index (χ3v) is 21.6. The number of likely N-dealkylation sites (N-methyl/N-ethyl adjacent to an activating group) is 8. The molecule has 0 saturated carbocycles. The van der Waals surface area contributed by atoms with E-state index in [9.17, 15) is 47.1 Å². The molecule has 126 heavy (non-hydrogen) atoms. The normalized spacial score (nSPS) is 12.7. The van der Waals surface area contributed by atoms with Gasteiger partial charge in [0.1, 0.15) is 57.9 Å². The number of fused-ring (bicyclic) bond motifs is 3. The number of aryl methyl sites for hydroxylation is 1. The molecule has 0 aliphatic heterocycles. The second-order valence-electron chi connectivity index (χ2n) is 30.8. The molecule has 0 bridgehead atoms. The van der Waals surface area contributed by atoms with Crippen LogP contribution in [0.4, 0.5) is 31.8 Å². The SMILES string of the molecule is CN[C@@H](CCc1ccccc1)C(C)=O.CN[C@@H](Cc1ccc(C(C)C)cc1)C(C)=O.CN[C@@H](Cc1ccc(F)cc1)C(C)=O.CN[C@@H](Cc1ccc2ccccc2c1)C(C)=O.CN[C@@H](Cc1cccc(Cl)c1)C(C)=O.CN[C@@H](Cc1cccc(F)c1)C(C)=O.CN[C@@H](Cc1cccc2ccccc12)C(C)=O.CN[C@H](C(C)=O)C1Cc2ccccc2C1.F.FF.FF. The van der Waals surface area contributed by atoms with Crippen LogP contribution in [0.3, 0.4) is 0 Å². The molecule has 1 aliphatic carbocycles. The van der Waals surface area contributed by atoms with E-state index in [0.717, 1.165) is 61.6 Å². The highest BCUT2D eigenvalue weighted by molar-refractivity contribution is 6.30. The zero-order valence-electron chi connectivity index (χ0n) is 76.2. The molecule has 8 atom stereocenters. The zero-order valence-corrected chi connectivity index (χ0v) is 76.9. The topological polar surface area (TPSA) is 233 Å². The Kier molecular flexibility index (Phi) is 58.0. The number of hydrogen-bond donors (Lipinski definition) is 8. The molecule has 0 aromatic heterocycles. The van der Waals surface area contributed by atoms with Gasteiger partial charge in [-0.05, 0) is 301 Å². The van der Waals surface area contributed by atoms with Crippen LogP contribution in [0.2, 0.25) is 5.02 Å². The third-order valence-electron chi connectivity index (χ3n) is 21.4. The van der Waals surface area contributed by atoms with Gasteiger partial charge in [0.15, 0.2) is 0 Å². The van der Waals surface area contributed by atoms with Crippen molar-refractivity contribution in [3.8, 4) is 0 Å². The van der Waals surface area contributed by atoms with Crippen molar-refractivity contribution in [3.05, 3.63) is 309 Å². The summed E-state index contributed by atoms with van der Waals surface area (Å²) in [7, 11) is 14.4. The number of rotatable bonds is 33. The van der Waals surface area contributed by atoms with E-state index >= 15 is 0 Å². The van der Waals surface area contributed by atoms with Crippen molar-refractivity contribution >= 4 is 79.4 Å². The quantitative estimate of drug-likeness (QED) is 0.0179. The smallest absolute Gasteiger partial charge is 0.147 e. The molecule has 0 saturated heterocycles. The second kappa shape index (κ2) is 64.3. The molecule has 24 heteroatoms. The third kappa shape index (κ3) is 43.2. The minimum atomic E-state index is -0.263. The van der Waals surface area contributed by atoms with E-state index in [1.165, 1.54) is 91.7 Å². The first kappa shape index (κ1) is 114. The maximum Gasteiger partial charge on any atom is 0.147 e. The number of Topliss-reactive ketones (excluding diaryl/α,β-unsaturated/α-hetero) is 8. The predicted octanol–water partition coefficient (Wildman–Crippen LogP) is 18.0. The van der Waals surface area contributed by atoms with Crippen molar-refractivity contribution in [2.45, 2.75) is 188 Å². The highest BCUT2D eigenvalue weighted by Gasteiger charge is 2.30. The molecule has 10 aromatic rings. The number of ketones is 8. The summed E-state index contributed by atoms with van der Waals surface area (Å²) in [5, 5.41) is 29.7. The number of carbonyl (C=O) groups excluding carboxylic acids is 8. The van der Waals surface area contributed by atoms with E-state index in [4.69, 9.17) is 29.9 Å². The summed E-state index contributed by atoms with van der Waals surface area (Å²) in [5.41, 5.74) is 11.9. The fourth-order valence-electron chi connectivity index (χ4n) is 14.0. The van der Waals surface area contributed by atoms with Crippen LogP contribution < -0.4 is 42.5 Å². The first-order chi connectivity index (χ1) is 59.8. The number of halogens is 8. The highest BCUT2D eigenvalue weighted by atomic mass is 35.5. The van der Waals surface area contributed by atoms with Crippen LogP contribution >= 0.6 is 11.6 Å². The van der Waals surface area contributed by atoms with Gasteiger partial charge in [-0.1, -0.05) is 226 Å². The lowest BCUT2D eigenvalue weighted by Gasteiger charge is -2.19. The number of benzene rings is 10. The average molecular weight is 1770 g/mol. The van der Waals surface area contributed by atoms with Gasteiger partial charge >= 0.3 is 0 Å². The maximum atomic E-state index is 12.8. The Bertz CT molecular complexity index is 4740. The molecule has 0 radical (unpaired) electrons. The summed E-state index contributed by atoms with van der Waals surface area (Å²) in [5.74, 6) is 1.79. The Morgan fingerprint density at radius 2 is 0.675 bits per heavy atom. The summed E-state index contributed by atoms with van der Waals surface area (Å²) in [6, 6.07) is 75.7. The fraction of sp³-hybridized carbons (Fsp3) is 0.373. The average Bonchev–Trinajstić information content (AvgIpc) is 1.48. The van der Waals surface area contributed by atoms with Gasteiger partial charge in [-0.15, -0.1) is 0 Å². The lowest BCUT2D eigenvalue weighted by molar-refractivity contribution is -0.120. The molecule has 0 fully saturated rings. The van der Waals surface area contributed by atoms with Crippen molar-refractivity contribution in [1.29, 1.82) is 0 Å². The van der Waals surface area contributed by atoms with E-state index in [0.29, 0.717) is 36.1 Å². The Labute approximate surface area is 746 Å². The van der Waals surface area contributed by atoms with Crippen molar-refractivity contribution in [2.24, 2.45) is 5.92 Å². The summed E-state index contributed by atoms with van der Waals surface area (Å²) < 4.78 is 57.4. The van der Waals surface area contributed by atoms with Crippen molar-refractivity contribution < 1.29 is 70.1 Å². The van der Waals surface area contributed by atoms with Gasteiger partial charge in [-0.2, -0.15) is 0 Å². The molecule has 1 aliphatic rings. The minimum absolute atomic E-state index is 0. The van der Waals surface area contributed by atoms with Crippen molar-refractivity contribution in [1.82, 2.24) is 42.5 Å². The molecule has 11 rings (SSSR count). The van der Waals surface area contributed by atoms with E-state index in [2.05, 4.69) is 172 Å². The van der Waals surface area contributed by atoms with Crippen LogP contribution in [-0.4, -0.2) is 151 Å². The Morgan fingerprint density at radius 1 is 0.325 bits per heavy atom. The van der Waals surface area contributed by atoms with Gasteiger partial charge in [0.05, 0.1) is 48.3 Å². The molecule has 8 N–H and O–H groups in total. The Morgan fingerprint density at radius 3 is 1.09 bits per heavy atom. The Balaban J connectivity index is 0.000000716. The van der Waals surface area contributed by atoms with Crippen molar-refractivity contribution in [3.63, 3.8) is 0 Å². The number of carbonyl (C=O) groups is 8. The zero-order chi connectivity index (χ0) is 93.5. The van der Waals surface area contributed by atoms with E-state index in [1.807, 2.05) is 114 Å². The summed E-state index contributed by atoms with van der Waals surface area (Å²) in [4.78, 5) is 90.1. The van der Waals surface area contributed by atoms with Gasteiger partial charge in [0.25, 0.3) is 0 Å². The molecule has 684 valence electrons. The molecule has 0 heterocycles. The van der Waals surface area contributed by atoms with Crippen LogP contribution in [0.25, 0.3) is 21.5 Å². The number of nitrogens with one attached hydrogen (secondary N) is 8. The number of hydrogen-bond acceptors (Lipinski definition) is 16. The largest absolute Gasteiger partial charge is 0.311 e. The minimum Gasteiger partial charge on any atom is -0.311 e.